The fourth-order valence-electron chi connectivity index (χ4n) is 1.72. The molecule has 0 spiro atoms. The molecule has 0 unspecified atom stereocenters. The molecule has 0 saturated heterocycles. The van der Waals surface area contributed by atoms with Crippen LogP contribution < -0.4 is 5.73 Å². The first kappa shape index (κ1) is 11.9. The summed E-state index contributed by atoms with van der Waals surface area (Å²) in [6, 6.07) is 5.87. The molecule has 15 heavy (non-hydrogen) atoms. The Hall–Kier alpha value is -1.15. The van der Waals surface area contributed by atoms with Crippen molar-refractivity contribution in [1.82, 2.24) is 0 Å². The number of benzene rings is 1. The maximum absolute atomic E-state index is 12.0. The van der Waals surface area contributed by atoms with Crippen molar-refractivity contribution < 1.29 is 4.79 Å². The Balaban J connectivity index is 3.16. The minimum Gasteiger partial charge on any atom is -0.330 e. The van der Waals surface area contributed by atoms with E-state index in [1.165, 1.54) is 0 Å². The average Bonchev–Trinajstić information content (AvgIpc) is 2.20. The molecule has 0 fully saturated rings. The van der Waals surface area contributed by atoms with Crippen molar-refractivity contribution in [3.05, 3.63) is 34.9 Å². The lowest BCUT2D eigenvalue weighted by molar-refractivity contribution is 0.0938. The second kappa shape index (κ2) is 5.08. The van der Waals surface area contributed by atoms with Crippen LogP contribution in [0, 0.1) is 12.8 Å². The zero-order valence-electron chi connectivity index (χ0n) is 9.71. The zero-order chi connectivity index (χ0) is 11.4. The molecule has 0 bridgehead atoms. The highest BCUT2D eigenvalue weighted by Crippen LogP contribution is 2.18. The van der Waals surface area contributed by atoms with Gasteiger partial charge in [-0.25, -0.2) is 0 Å². The highest BCUT2D eigenvalue weighted by molar-refractivity contribution is 5.99. The molecule has 0 atom stereocenters. The van der Waals surface area contributed by atoms with Crippen molar-refractivity contribution in [3.8, 4) is 0 Å². The van der Waals surface area contributed by atoms with Crippen LogP contribution in [0.2, 0.25) is 0 Å². The van der Waals surface area contributed by atoms with Gasteiger partial charge in [-0.1, -0.05) is 32.0 Å². The van der Waals surface area contributed by atoms with Gasteiger partial charge in [-0.05, 0) is 31.0 Å². The molecule has 2 N–H and O–H groups in total. The van der Waals surface area contributed by atoms with Crippen molar-refractivity contribution >= 4 is 5.78 Å². The summed E-state index contributed by atoms with van der Waals surface area (Å²) in [6.45, 7) is 6.47. The number of hydrogen-bond acceptors (Lipinski definition) is 2. The fourth-order valence-corrected chi connectivity index (χ4v) is 1.72. The van der Waals surface area contributed by atoms with Gasteiger partial charge in [0.25, 0.3) is 0 Å². The van der Waals surface area contributed by atoms with E-state index in [1.54, 1.807) is 0 Å². The predicted molar refractivity (Wildman–Crippen MR) is 63.1 cm³/mol. The molecule has 82 valence electrons. The Bertz CT molecular complexity index is 356. The van der Waals surface area contributed by atoms with E-state index in [1.807, 2.05) is 39.0 Å². The third-order valence-corrected chi connectivity index (χ3v) is 2.59. The van der Waals surface area contributed by atoms with E-state index in [0.29, 0.717) is 6.54 Å². The Kier molecular flexibility index (Phi) is 4.04. The maximum Gasteiger partial charge on any atom is 0.165 e. The van der Waals surface area contributed by atoms with Crippen LogP contribution in [0.1, 0.15) is 35.3 Å². The first-order chi connectivity index (χ1) is 7.07. The molecule has 0 aliphatic rings. The molecule has 0 saturated carbocycles. The van der Waals surface area contributed by atoms with Crippen molar-refractivity contribution in [3.63, 3.8) is 0 Å². The van der Waals surface area contributed by atoms with Crippen molar-refractivity contribution in [2.75, 3.05) is 6.54 Å². The summed E-state index contributed by atoms with van der Waals surface area (Å²) in [5, 5.41) is 0. The van der Waals surface area contributed by atoms with Gasteiger partial charge >= 0.3 is 0 Å². The summed E-state index contributed by atoms with van der Waals surface area (Å²) in [7, 11) is 0. The number of ketones is 1. The summed E-state index contributed by atoms with van der Waals surface area (Å²) in [6.07, 6.45) is 0.778. The lowest BCUT2D eigenvalue weighted by Gasteiger charge is -2.12. The minimum atomic E-state index is 0.0447. The molecular formula is C13H19NO. The highest BCUT2D eigenvalue weighted by atomic mass is 16.1. The fraction of sp³-hybridized carbons (Fsp3) is 0.462. The number of carbonyl (C=O) groups is 1. The topological polar surface area (TPSA) is 43.1 Å². The lowest BCUT2D eigenvalue weighted by atomic mass is 9.92. The van der Waals surface area contributed by atoms with Gasteiger partial charge in [0.05, 0.1) is 0 Å². The molecule has 1 rings (SSSR count). The van der Waals surface area contributed by atoms with Crippen LogP contribution in [0.4, 0.5) is 0 Å². The second-order valence-corrected chi connectivity index (χ2v) is 4.16. The van der Waals surface area contributed by atoms with Gasteiger partial charge in [0.1, 0.15) is 0 Å². The van der Waals surface area contributed by atoms with Gasteiger partial charge in [0.2, 0.25) is 0 Å². The van der Waals surface area contributed by atoms with Crippen LogP contribution in [0.5, 0.6) is 0 Å². The zero-order valence-corrected chi connectivity index (χ0v) is 9.71. The molecule has 2 heteroatoms. The van der Waals surface area contributed by atoms with Crippen molar-refractivity contribution in [2.24, 2.45) is 11.7 Å². The molecule has 0 heterocycles. The van der Waals surface area contributed by atoms with Crippen LogP contribution in [-0.4, -0.2) is 12.3 Å². The molecule has 0 amide bonds. The predicted octanol–water partition coefficient (Wildman–Crippen LogP) is 2.33. The third-order valence-electron chi connectivity index (χ3n) is 2.59. The Morgan fingerprint density at radius 2 is 2.07 bits per heavy atom. The molecule has 0 radical (unpaired) electrons. The van der Waals surface area contributed by atoms with Crippen LogP contribution in [0.25, 0.3) is 0 Å². The molecule has 0 aliphatic heterocycles. The van der Waals surface area contributed by atoms with Gasteiger partial charge in [0, 0.05) is 11.5 Å². The summed E-state index contributed by atoms with van der Waals surface area (Å²) in [5.41, 5.74) is 8.68. The molecule has 0 aromatic heterocycles. The summed E-state index contributed by atoms with van der Waals surface area (Å²) < 4.78 is 0. The number of nitrogens with two attached hydrogens (primary N) is 1. The summed E-state index contributed by atoms with van der Waals surface area (Å²) in [5.74, 6) is 0.255. The highest BCUT2D eigenvalue weighted by Gasteiger charge is 2.15. The van der Waals surface area contributed by atoms with E-state index >= 15 is 0 Å². The standard InChI is InChI=1S/C13H19NO/c1-9(2)13(15)12-6-4-5-10(3)11(12)7-8-14/h4-6,9H,7-8,14H2,1-3H3. The lowest BCUT2D eigenvalue weighted by Crippen LogP contribution is -2.14. The Morgan fingerprint density at radius 1 is 1.40 bits per heavy atom. The van der Waals surface area contributed by atoms with Crippen molar-refractivity contribution in [2.45, 2.75) is 27.2 Å². The van der Waals surface area contributed by atoms with Crippen LogP contribution in [0.3, 0.4) is 0 Å². The van der Waals surface area contributed by atoms with Crippen LogP contribution in [-0.2, 0) is 6.42 Å². The SMILES string of the molecule is Cc1cccc(C(=O)C(C)C)c1CCN. The average molecular weight is 205 g/mol. The van der Waals surface area contributed by atoms with E-state index < -0.39 is 0 Å². The Morgan fingerprint density at radius 3 is 2.60 bits per heavy atom. The molecule has 1 aromatic rings. The number of hydrogen-bond donors (Lipinski definition) is 1. The van der Waals surface area contributed by atoms with Crippen molar-refractivity contribution in [1.29, 1.82) is 0 Å². The van der Waals surface area contributed by atoms with Gasteiger partial charge in [-0.2, -0.15) is 0 Å². The second-order valence-electron chi connectivity index (χ2n) is 4.16. The Labute approximate surface area is 91.5 Å². The van der Waals surface area contributed by atoms with E-state index in [4.69, 9.17) is 5.73 Å². The summed E-state index contributed by atoms with van der Waals surface area (Å²) in [4.78, 5) is 12.0. The number of aryl methyl sites for hydroxylation is 1. The quantitative estimate of drug-likeness (QED) is 0.767. The van der Waals surface area contributed by atoms with E-state index in [-0.39, 0.29) is 11.7 Å². The third kappa shape index (κ3) is 2.66. The monoisotopic (exact) mass is 205 g/mol. The van der Waals surface area contributed by atoms with Gasteiger partial charge in [-0.3, -0.25) is 4.79 Å². The van der Waals surface area contributed by atoms with E-state index in [9.17, 15) is 4.79 Å². The number of Topliss-reactive ketones (excluding diaryl/α,β-unsaturated/α-hetero) is 1. The minimum absolute atomic E-state index is 0.0447. The van der Waals surface area contributed by atoms with Gasteiger partial charge in [-0.15, -0.1) is 0 Å². The summed E-state index contributed by atoms with van der Waals surface area (Å²) >= 11 is 0. The first-order valence-corrected chi connectivity index (χ1v) is 5.40. The van der Waals surface area contributed by atoms with Gasteiger partial charge in [0.15, 0.2) is 5.78 Å². The molecule has 1 aromatic carbocycles. The molecule has 0 aliphatic carbocycles. The first-order valence-electron chi connectivity index (χ1n) is 5.40. The number of carbonyl (C=O) groups excluding carboxylic acids is 1. The van der Waals surface area contributed by atoms with Crippen LogP contribution >= 0.6 is 0 Å². The van der Waals surface area contributed by atoms with E-state index in [2.05, 4.69) is 0 Å². The number of rotatable bonds is 4. The molecule has 2 nitrogen and oxygen atoms in total. The van der Waals surface area contributed by atoms with Gasteiger partial charge < -0.3 is 5.73 Å². The largest absolute Gasteiger partial charge is 0.330 e. The normalized spacial score (nSPS) is 10.7. The molecular weight excluding hydrogens is 186 g/mol. The van der Waals surface area contributed by atoms with E-state index in [0.717, 1.165) is 23.1 Å². The smallest absolute Gasteiger partial charge is 0.165 e. The van der Waals surface area contributed by atoms with Crippen LogP contribution in [0.15, 0.2) is 18.2 Å². The maximum atomic E-state index is 12.0.